The highest BCUT2D eigenvalue weighted by Gasteiger charge is 2.70. The maximum absolute atomic E-state index is 14.4. The Hall–Kier alpha value is -3.72. The number of urea groups is 1. The number of hydrogen-bond donors (Lipinski definition) is 4. The fourth-order valence-corrected chi connectivity index (χ4v) is 8.69. The van der Waals surface area contributed by atoms with Crippen molar-refractivity contribution in [3.05, 3.63) is 36.8 Å². The van der Waals surface area contributed by atoms with E-state index >= 15 is 0 Å². The molecule has 0 spiro atoms. The second-order valence-corrected chi connectivity index (χ2v) is 16.4. The number of carbonyl (C=O) groups excluding carboxylic acids is 5. The molecule has 0 bridgehead atoms. The lowest BCUT2D eigenvalue weighted by Gasteiger charge is -2.40. The quantitative estimate of drug-likeness (QED) is 0.122. The Balaban J connectivity index is 1.50. The Morgan fingerprint density at radius 1 is 1.16 bits per heavy atom. The predicted octanol–water partition coefficient (Wildman–Crippen LogP) is 4.18. The third-order valence-electron chi connectivity index (χ3n) is 10.4. The molecule has 2 aliphatic carbocycles. The van der Waals surface area contributed by atoms with Crippen molar-refractivity contribution in [3.8, 4) is 12.3 Å². The molecule has 1 aromatic rings. The van der Waals surface area contributed by atoms with Crippen molar-refractivity contribution in [2.24, 2.45) is 22.7 Å². The first-order chi connectivity index (χ1) is 23.1. The van der Waals surface area contributed by atoms with Crippen LogP contribution in [0.2, 0.25) is 0 Å². The minimum Gasteiger partial charge on any atom is -0.468 e. The van der Waals surface area contributed by atoms with Crippen molar-refractivity contribution < 1.29 is 28.4 Å². The van der Waals surface area contributed by atoms with E-state index in [9.17, 15) is 24.0 Å². The average Bonchev–Trinajstić information content (AvgIpc) is 3.48. The van der Waals surface area contributed by atoms with Crippen LogP contribution in [0.25, 0.3) is 0 Å². The Bertz CT molecular complexity index is 1420. The number of Topliss-reactive ketones (excluding diaryl/α,β-unsaturated/α-hetero) is 1. The van der Waals surface area contributed by atoms with E-state index in [0.717, 1.165) is 37.9 Å². The summed E-state index contributed by atoms with van der Waals surface area (Å²) in [7, 11) is 0. The molecule has 0 aromatic carbocycles. The van der Waals surface area contributed by atoms with E-state index in [1.807, 2.05) is 32.9 Å². The van der Waals surface area contributed by atoms with Crippen LogP contribution in [0, 0.1) is 35.0 Å². The van der Waals surface area contributed by atoms with Gasteiger partial charge in [-0.05, 0) is 54.1 Å². The second-order valence-electron chi connectivity index (χ2n) is 15.4. The van der Waals surface area contributed by atoms with Crippen LogP contribution >= 0.6 is 11.8 Å². The number of thioether (sulfide) groups is 1. The van der Waals surface area contributed by atoms with Crippen LogP contribution in [0.3, 0.4) is 0 Å². The number of nitrogens with one attached hydrogen (secondary N) is 4. The van der Waals surface area contributed by atoms with Gasteiger partial charge in [-0.1, -0.05) is 60.0 Å². The standard InChI is InChI=1S/C37H53N5O6S/c1-8-10-16-26(29(43)32(45)38-19-9-2)39-31(44)28-27-25(36(27,6)7)21-42(28)33(46)30(35(3,4)5)40-34(47)41-37(17-12-11-13-18-37)23-49-22-24-15-14-20-48-24/h1,9,14-15,20,25-28,30H,2,10-13,16-19,21-23H2,3-7H3,(H,38,45)(H,39,44)(H2,40,41,47)/t25?,26?,27-,28-,30+/m0/s1. The molecule has 1 saturated heterocycles. The third kappa shape index (κ3) is 9.10. The lowest BCUT2D eigenvalue weighted by molar-refractivity contribution is -0.145. The van der Waals surface area contributed by atoms with Gasteiger partial charge in [0.25, 0.3) is 5.91 Å². The number of ketones is 1. The molecule has 5 atom stereocenters. The van der Waals surface area contributed by atoms with Crippen molar-refractivity contribution >= 4 is 41.3 Å². The molecule has 0 radical (unpaired) electrons. The highest BCUT2D eigenvalue weighted by Crippen LogP contribution is 2.65. The summed E-state index contributed by atoms with van der Waals surface area (Å²) in [6, 6.07) is 0.441. The van der Waals surface area contributed by atoms with Crippen LogP contribution in [0.1, 0.15) is 85.3 Å². The molecule has 3 aliphatic rings. The molecule has 12 heteroatoms. The summed E-state index contributed by atoms with van der Waals surface area (Å²) in [5, 5.41) is 11.5. The number of carbonyl (C=O) groups is 5. The highest BCUT2D eigenvalue weighted by molar-refractivity contribution is 7.98. The van der Waals surface area contributed by atoms with E-state index in [1.165, 1.54) is 6.08 Å². The van der Waals surface area contributed by atoms with Crippen LogP contribution in [-0.4, -0.2) is 76.9 Å². The lowest BCUT2D eigenvalue weighted by Crippen LogP contribution is -2.63. The first-order valence-electron chi connectivity index (χ1n) is 17.3. The number of fused-ring (bicyclic) bond motifs is 1. The number of amides is 5. The lowest BCUT2D eigenvalue weighted by atomic mass is 9.83. The normalized spacial score (nSPS) is 23.2. The number of terminal acetylenes is 1. The summed E-state index contributed by atoms with van der Waals surface area (Å²) >= 11 is 1.71. The van der Waals surface area contributed by atoms with Crippen LogP contribution in [0.5, 0.6) is 0 Å². The van der Waals surface area contributed by atoms with Gasteiger partial charge in [-0.15, -0.1) is 18.9 Å². The molecule has 268 valence electrons. The van der Waals surface area contributed by atoms with E-state index in [2.05, 4.69) is 47.6 Å². The molecule has 5 amide bonds. The van der Waals surface area contributed by atoms with Gasteiger partial charge in [0.2, 0.25) is 17.6 Å². The second kappa shape index (κ2) is 15.9. The van der Waals surface area contributed by atoms with Crippen LogP contribution in [-0.2, 0) is 24.9 Å². The summed E-state index contributed by atoms with van der Waals surface area (Å²) in [6.07, 6.45) is 13.6. The van der Waals surface area contributed by atoms with Gasteiger partial charge < -0.3 is 30.6 Å². The van der Waals surface area contributed by atoms with E-state index in [0.29, 0.717) is 18.1 Å². The summed E-state index contributed by atoms with van der Waals surface area (Å²) in [6.45, 7) is 13.8. The molecular weight excluding hydrogens is 643 g/mol. The van der Waals surface area contributed by atoms with Crippen molar-refractivity contribution in [1.29, 1.82) is 0 Å². The Morgan fingerprint density at radius 3 is 2.49 bits per heavy atom. The SMILES string of the molecule is C#CCCC(NC(=O)[C@@H]1[C@@H]2C(CN1C(=O)[C@@H](NC(=O)NC1(CSCc3ccco3)CCCCC1)C(C)(C)C)C2(C)C)C(=O)C(=O)NCC=C. The Morgan fingerprint density at radius 2 is 1.88 bits per heavy atom. The maximum Gasteiger partial charge on any atom is 0.315 e. The topological polar surface area (TPSA) is 150 Å². The van der Waals surface area contributed by atoms with Gasteiger partial charge in [0.1, 0.15) is 17.8 Å². The predicted molar refractivity (Wildman–Crippen MR) is 190 cm³/mol. The minimum atomic E-state index is -1.15. The fraction of sp³-hybridized carbons (Fsp3) is 0.649. The van der Waals surface area contributed by atoms with E-state index in [1.54, 1.807) is 22.9 Å². The third-order valence-corrected chi connectivity index (χ3v) is 11.6. The van der Waals surface area contributed by atoms with Crippen molar-refractivity contribution in [1.82, 2.24) is 26.2 Å². The molecule has 3 fully saturated rings. The molecular formula is C37H53N5O6S. The maximum atomic E-state index is 14.4. The first-order valence-corrected chi connectivity index (χ1v) is 18.5. The largest absolute Gasteiger partial charge is 0.468 e. The van der Waals surface area contributed by atoms with Gasteiger partial charge in [-0.3, -0.25) is 19.2 Å². The zero-order chi connectivity index (χ0) is 36.0. The highest BCUT2D eigenvalue weighted by atomic mass is 32.2. The molecule has 11 nitrogen and oxygen atoms in total. The van der Waals surface area contributed by atoms with Crippen molar-refractivity contribution in [2.45, 2.75) is 109 Å². The molecule has 1 aliphatic heterocycles. The molecule has 4 N–H and O–H groups in total. The van der Waals surface area contributed by atoms with Crippen molar-refractivity contribution in [3.63, 3.8) is 0 Å². The van der Waals surface area contributed by atoms with Crippen LogP contribution < -0.4 is 21.3 Å². The van der Waals surface area contributed by atoms with Crippen molar-refractivity contribution in [2.75, 3.05) is 18.8 Å². The van der Waals surface area contributed by atoms with Gasteiger partial charge in [0.15, 0.2) is 0 Å². The summed E-state index contributed by atoms with van der Waals surface area (Å²) in [4.78, 5) is 69.3. The number of piperidine rings is 1. The van der Waals surface area contributed by atoms with E-state index < -0.39 is 52.7 Å². The Kier molecular flexibility index (Phi) is 12.3. The zero-order valence-electron chi connectivity index (χ0n) is 29.6. The number of rotatable bonds is 15. The van der Waals surface area contributed by atoms with Gasteiger partial charge in [-0.2, -0.15) is 11.8 Å². The van der Waals surface area contributed by atoms with E-state index in [-0.39, 0.29) is 42.5 Å². The summed E-state index contributed by atoms with van der Waals surface area (Å²) in [5.41, 5.74) is -1.29. The zero-order valence-corrected chi connectivity index (χ0v) is 30.4. The van der Waals surface area contributed by atoms with Crippen LogP contribution in [0.4, 0.5) is 4.79 Å². The molecule has 2 saturated carbocycles. The number of nitrogens with zero attached hydrogens (tertiary/aromatic N) is 1. The van der Waals surface area contributed by atoms with E-state index in [4.69, 9.17) is 10.8 Å². The Labute approximate surface area is 294 Å². The minimum absolute atomic E-state index is 0.0779. The molecule has 1 aromatic heterocycles. The van der Waals surface area contributed by atoms with Gasteiger partial charge in [-0.25, -0.2) is 4.79 Å². The van der Waals surface area contributed by atoms with Gasteiger partial charge in [0, 0.05) is 25.3 Å². The summed E-state index contributed by atoms with van der Waals surface area (Å²) in [5.74, 6) is 2.19. The molecule has 2 heterocycles. The number of furan rings is 1. The average molecular weight is 696 g/mol. The smallest absolute Gasteiger partial charge is 0.315 e. The van der Waals surface area contributed by atoms with Gasteiger partial charge >= 0.3 is 6.03 Å². The fourth-order valence-electron chi connectivity index (χ4n) is 7.48. The van der Waals surface area contributed by atoms with Crippen LogP contribution in [0.15, 0.2) is 35.5 Å². The summed E-state index contributed by atoms with van der Waals surface area (Å²) < 4.78 is 5.49. The number of likely N-dealkylation sites (tertiary alicyclic amines) is 1. The molecule has 4 rings (SSSR count). The number of hydrogen-bond acceptors (Lipinski definition) is 7. The molecule has 49 heavy (non-hydrogen) atoms. The first kappa shape index (κ1) is 38.1. The molecule has 2 unspecified atom stereocenters. The monoisotopic (exact) mass is 695 g/mol. The van der Waals surface area contributed by atoms with Gasteiger partial charge in [0.05, 0.1) is 23.6 Å².